The van der Waals surface area contributed by atoms with Crippen molar-refractivity contribution in [2.24, 2.45) is 0 Å². The van der Waals surface area contributed by atoms with Crippen molar-refractivity contribution in [3.8, 4) is 0 Å². The van der Waals surface area contributed by atoms with Crippen molar-refractivity contribution in [3.05, 3.63) is 28.8 Å². The molecule has 3 N–H and O–H groups in total. The molecule has 2 amide bonds. The third-order valence-corrected chi connectivity index (χ3v) is 4.07. The van der Waals surface area contributed by atoms with Crippen LogP contribution in [-0.4, -0.2) is 44.2 Å². The molecule has 1 aromatic carbocycles. The van der Waals surface area contributed by atoms with Crippen molar-refractivity contribution < 1.29 is 14.3 Å². The van der Waals surface area contributed by atoms with E-state index in [9.17, 15) is 9.59 Å². The molecular weight excluding hydrogens is 306 g/mol. The van der Waals surface area contributed by atoms with Gasteiger partial charge in [-0.2, -0.15) is 0 Å². The van der Waals surface area contributed by atoms with Crippen molar-refractivity contribution in [2.75, 3.05) is 31.6 Å². The predicted octanol–water partition coefficient (Wildman–Crippen LogP) is 1.44. The van der Waals surface area contributed by atoms with E-state index in [1.54, 1.807) is 0 Å². The number of rotatable bonds is 7. The SMILES string of the molecule is Cc1cc(C)c(NC(=O)CNC(=O)CNCC2CCCO2)c(C)c1. The molecule has 1 saturated heterocycles. The van der Waals surface area contributed by atoms with E-state index in [2.05, 4.69) is 16.0 Å². The molecule has 1 atom stereocenters. The first kappa shape index (κ1) is 18.4. The lowest BCUT2D eigenvalue weighted by molar-refractivity contribution is -0.123. The summed E-state index contributed by atoms with van der Waals surface area (Å²) in [6, 6.07) is 4.05. The number of hydrogen-bond donors (Lipinski definition) is 3. The van der Waals surface area contributed by atoms with Gasteiger partial charge in [0.05, 0.1) is 19.2 Å². The van der Waals surface area contributed by atoms with E-state index < -0.39 is 0 Å². The van der Waals surface area contributed by atoms with E-state index in [-0.39, 0.29) is 31.0 Å². The third-order valence-electron chi connectivity index (χ3n) is 4.07. The van der Waals surface area contributed by atoms with Crippen molar-refractivity contribution in [1.82, 2.24) is 10.6 Å². The molecule has 0 bridgehead atoms. The molecule has 2 rings (SSSR count). The number of amides is 2. The van der Waals surface area contributed by atoms with Crippen molar-refractivity contribution in [3.63, 3.8) is 0 Å². The molecule has 0 aliphatic carbocycles. The summed E-state index contributed by atoms with van der Waals surface area (Å²) in [6.45, 7) is 7.57. The van der Waals surface area contributed by atoms with Crippen LogP contribution in [-0.2, 0) is 14.3 Å². The van der Waals surface area contributed by atoms with Crippen LogP contribution in [0.15, 0.2) is 12.1 Å². The highest BCUT2D eigenvalue weighted by molar-refractivity contribution is 5.96. The van der Waals surface area contributed by atoms with Crippen LogP contribution in [0.3, 0.4) is 0 Å². The number of carbonyl (C=O) groups is 2. The second kappa shape index (κ2) is 8.80. The van der Waals surface area contributed by atoms with Gasteiger partial charge >= 0.3 is 0 Å². The molecule has 6 heteroatoms. The molecule has 1 fully saturated rings. The van der Waals surface area contributed by atoms with E-state index in [1.807, 2.05) is 32.9 Å². The van der Waals surface area contributed by atoms with Gasteiger partial charge < -0.3 is 20.7 Å². The highest BCUT2D eigenvalue weighted by Crippen LogP contribution is 2.21. The molecule has 0 aromatic heterocycles. The average Bonchev–Trinajstić information content (AvgIpc) is 3.02. The van der Waals surface area contributed by atoms with E-state index in [0.717, 1.165) is 41.8 Å². The van der Waals surface area contributed by atoms with Crippen LogP contribution in [0, 0.1) is 20.8 Å². The molecular formula is C18H27N3O3. The predicted molar refractivity (Wildman–Crippen MR) is 94.1 cm³/mol. The first-order chi connectivity index (χ1) is 11.5. The first-order valence-electron chi connectivity index (χ1n) is 8.42. The summed E-state index contributed by atoms with van der Waals surface area (Å²) >= 11 is 0. The number of carbonyl (C=O) groups excluding carboxylic acids is 2. The Labute approximate surface area is 143 Å². The molecule has 0 spiro atoms. The third kappa shape index (κ3) is 5.62. The minimum Gasteiger partial charge on any atom is -0.377 e. The zero-order valence-corrected chi connectivity index (χ0v) is 14.7. The summed E-state index contributed by atoms with van der Waals surface area (Å²) in [5.41, 5.74) is 4.01. The molecule has 1 aliphatic rings. The zero-order valence-electron chi connectivity index (χ0n) is 14.7. The number of hydrogen-bond acceptors (Lipinski definition) is 4. The molecule has 132 valence electrons. The highest BCUT2D eigenvalue weighted by atomic mass is 16.5. The Balaban J connectivity index is 1.69. The summed E-state index contributed by atoms with van der Waals surface area (Å²) < 4.78 is 5.47. The van der Waals surface area contributed by atoms with Crippen LogP contribution in [0.2, 0.25) is 0 Å². The molecule has 24 heavy (non-hydrogen) atoms. The summed E-state index contributed by atoms with van der Waals surface area (Å²) in [5.74, 6) is -0.418. The summed E-state index contributed by atoms with van der Waals surface area (Å²) in [4.78, 5) is 23.8. The normalized spacial score (nSPS) is 16.9. The maximum atomic E-state index is 12.0. The number of ether oxygens (including phenoxy) is 1. The van der Waals surface area contributed by atoms with Gasteiger partial charge in [-0.1, -0.05) is 17.7 Å². The summed E-state index contributed by atoms with van der Waals surface area (Å²) in [5, 5.41) is 8.55. The number of nitrogens with one attached hydrogen (secondary N) is 3. The van der Waals surface area contributed by atoms with Crippen LogP contribution in [0.1, 0.15) is 29.5 Å². The van der Waals surface area contributed by atoms with E-state index in [4.69, 9.17) is 4.74 Å². The van der Waals surface area contributed by atoms with Gasteiger partial charge in [0.1, 0.15) is 0 Å². The number of aryl methyl sites for hydroxylation is 3. The second-order valence-electron chi connectivity index (χ2n) is 6.36. The summed E-state index contributed by atoms with van der Waals surface area (Å²) in [7, 11) is 0. The van der Waals surface area contributed by atoms with Crippen molar-refractivity contribution in [1.29, 1.82) is 0 Å². The van der Waals surface area contributed by atoms with Crippen LogP contribution in [0.25, 0.3) is 0 Å². The Morgan fingerprint density at radius 2 is 1.83 bits per heavy atom. The van der Waals surface area contributed by atoms with Crippen LogP contribution in [0.5, 0.6) is 0 Å². The fourth-order valence-electron chi connectivity index (χ4n) is 2.95. The Morgan fingerprint density at radius 3 is 2.46 bits per heavy atom. The van der Waals surface area contributed by atoms with Gasteiger partial charge in [-0.15, -0.1) is 0 Å². The van der Waals surface area contributed by atoms with Gasteiger partial charge in [-0.05, 0) is 44.7 Å². The smallest absolute Gasteiger partial charge is 0.243 e. The maximum Gasteiger partial charge on any atom is 0.243 e. The van der Waals surface area contributed by atoms with Gasteiger partial charge in [-0.3, -0.25) is 9.59 Å². The Morgan fingerprint density at radius 1 is 1.12 bits per heavy atom. The highest BCUT2D eigenvalue weighted by Gasteiger charge is 2.15. The van der Waals surface area contributed by atoms with Gasteiger partial charge in [0, 0.05) is 18.8 Å². The van der Waals surface area contributed by atoms with Gasteiger partial charge in [0.2, 0.25) is 11.8 Å². The molecule has 0 radical (unpaired) electrons. The molecule has 0 saturated carbocycles. The maximum absolute atomic E-state index is 12.0. The zero-order chi connectivity index (χ0) is 17.5. The fraction of sp³-hybridized carbons (Fsp3) is 0.556. The molecule has 6 nitrogen and oxygen atoms in total. The van der Waals surface area contributed by atoms with Crippen LogP contribution < -0.4 is 16.0 Å². The topological polar surface area (TPSA) is 79.5 Å². The van der Waals surface area contributed by atoms with Crippen molar-refractivity contribution >= 4 is 17.5 Å². The standard InChI is InChI=1S/C18H27N3O3/c1-12-7-13(2)18(14(3)8-12)21-17(23)11-20-16(22)10-19-9-15-5-4-6-24-15/h7-8,15,19H,4-6,9-11H2,1-3H3,(H,20,22)(H,21,23). The Hall–Kier alpha value is -1.92. The van der Waals surface area contributed by atoms with Gasteiger partial charge in [0.15, 0.2) is 0 Å². The lowest BCUT2D eigenvalue weighted by atomic mass is 10.1. The minimum atomic E-state index is -0.225. The Bertz CT molecular complexity index is 572. The van der Waals surface area contributed by atoms with E-state index in [1.165, 1.54) is 0 Å². The molecule has 1 unspecified atom stereocenters. The monoisotopic (exact) mass is 333 g/mol. The van der Waals surface area contributed by atoms with Crippen LogP contribution >= 0.6 is 0 Å². The largest absolute Gasteiger partial charge is 0.377 e. The quantitative estimate of drug-likeness (QED) is 0.705. The number of benzene rings is 1. The fourth-order valence-corrected chi connectivity index (χ4v) is 2.95. The Kier molecular flexibility index (Phi) is 6.75. The lowest BCUT2D eigenvalue weighted by Gasteiger charge is -2.13. The van der Waals surface area contributed by atoms with Gasteiger partial charge in [-0.25, -0.2) is 0 Å². The van der Waals surface area contributed by atoms with E-state index >= 15 is 0 Å². The minimum absolute atomic E-state index is 0.0345. The van der Waals surface area contributed by atoms with Crippen LogP contribution in [0.4, 0.5) is 5.69 Å². The summed E-state index contributed by atoms with van der Waals surface area (Å²) in [6.07, 6.45) is 2.32. The molecule has 1 heterocycles. The van der Waals surface area contributed by atoms with Crippen molar-refractivity contribution in [2.45, 2.75) is 39.7 Å². The lowest BCUT2D eigenvalue weighted by Crippen LogP contribution is -2.40. The first-order valence-corrected chi connectivity index (χ1v) is 8.42. The molecule has 1 aliphatic heterocycles. The second-order valence-corrected chi connectivity index (χ2v) is 6.36. The van der Waals surface area contributed by atoms with Gasteiger partial charge in [0.25, 0.3) is 0 Å². The molecule has 1 aromatic rings. The van der Waals surface area contributed by atoms with E-state index in [0.29, 0.717) is 6.54 Å². The number of anilines is 1. The average molecular weight is 333 g/mol.